The van der Waals surface area contributed by atoms with Crippen molar-refractivity contribution in [2.45, 2.75) is 6.82 Å². The largest absolute Gasteiger partial charge is 0.434 e. The molecule has 0 unspecified atom stereocenters. The van der Waals surface area contributed by atoms with E-state index in [0.717, 1.165) is 0 Å². The van der Waals surface area contributed by atoms with Gasteiger partial charge in [0.1, 0.15) is 0 Å². The predicted molar refractivity (Wildman–Crippen MR) is 21.8 cm³/mol. The van der Waals surface area contributed by atoms with Gasteiger partial charge in [0.25, 0.3) is 0 Å². The van der Waals surface area contributed by atoms with Gasteiger partial charge in [-0.15, -0.1) is 0 Å². The monoisotopic (exact) mass is 71.0 g/mol. The van der Waals surface area contributed by atoms with Crippen molar-refractivity contribution in [1.82, 2.24) is 0 Å². The zero-order chi connectivity index (χ0) is 4.28. The summed E-state index contributed by atoms with van der Waals surface area (Å²) in [7, 11) is 0.0370. The van der Waals surface area contributed by atoms with Crippen molar-refractivity contribution in [3.8, 4) is 0 Å². The lowest BCUT2D eigenvalue weighted by Crippen LogP contribution is -2.17. The highest BCUT2D eigenvalue weighted by atomic mass is 16.4. The molecule has 2 N–H and O–H groups in total. The molecule has 2 nitrogen and oxygen atoms in total. The van der Waals surface area contributed by atoms with Crippen LogP contribution in [0.3, 0.4) is 0 Å². The Bertz CT molecular complexity index is 21.6. The van der Waals surface area contributed by atoms with Crippen LogP contribution in [0.1, 0.15) is 0 Å². The van der Waals surface area contributed by atoms with Gasteiger partial charge in [0.05, 0.1) is 0 Å². The van der Waals surface area contributed by atoms with E-state index in [-0.39, 0.29) is 0 Å². The lowest BCUT2D eigenvalue weighted by Gasteiger charge is -1.80. The highest BCUT2D eigenvalue weighted by molar-refractivity contribution is 7.03. The number of rotatable bonds is 1. The molecule has 0 aromatic carbocycles. The molecule has 0 aliphatic rings. The minimum absolute atomic E-state index is 1.24. The molecule has 0 saturated carbocycles. The van der Waals surface area contributed by atoms with Crippen LogP contribution < -0.4 is 0 Å². The molecule has 0 amide bonds. The highest BCUT2D eigenvalue weighted by Gasteiger charge is 1.97. The van der Waals surface area contributed by atoms with E-state index < -0.39 is 7.01 Å². The molecule has 0 aliphatic carbocycles. The first-order valence-corrected chi connectivity index (χ1v) is 1.43. The van der Waals surface area contributed by atoms with Crippen LogP contribution in [0.2, 0.25) is 6.82 Å². The maximum absolute atomic E-state index is 7.86. The van der Waals surface area contributed by atoms with Crippen molar-refractivity contribution in [3.63, 3.8) is 0 Å². The minimum Gasteiger partial charge on any atom is -0.434 e. The molecule has 0 bridgehead atoms. The fourth-order valence-corrected chi connectivity index (χ4v) is 0. The van der Waals surface area contributed by atoms with Crippen molar-refractivity contribution in [2.24, 2.45) is 0 Å². The van der Waals surface area contributed by atoms with E-state index in [0.29, 0.717) is 0 Å². The molecule has 0 saturated heterocycles. The van der Waals surface area contributed by atoms with Crippen molar-refractivity contribution < 1.29 is 10.0 Å². The summed E-state index contributed by atoms with van der Waals surface area (Å²) >= 11 is 0. The van der Waals surface area contributed by atoms with Gasteiger partial charge in [-0.05, 0) is 0 Å². The van der Waals surface area contributed by atoms with Crippen LogP contribution >= 0.6 is 0 Å². The Balaban J connectivity index is 2.54. The van der Waals surface area contributed by atoms with Crippen LogP contribution in [-0.2, 0) is 0 Å². The van der Waals surface area contributed by atoms with Crippen molar-refractivity contribution in [3.05, 3.63) is 0 Å². The first-order valence-electron chi connectivity index (χ1n) is 1.43. The zero-order valence-corrected chi connectivity index (χ0v) is 3.05. The van der Waals surface area contributed by atoms with Gasteiger partial charge in [-0.3, -0.25) is 0 Å². The van der Waals surface area contributed by atoms with Gasteiger partial charge in [0.2, 0.25) is 0 Å². The molecular weight excluding hydrogens is 65.6 g/mol. The topological polar surface area (TPSA) is 40.5 Å². The van der Waals surface area contributed by atoms with Crippen LogP contribution in [0.25, 0.3) is 0 Å². The molecule has 5 heavy (non-hydrogen) atoms. The Morgan fingerprint density at radius 2 is 1.80 bits per heavy atom. The standard InChI is InChI=1S/CH5B2O2/c1-2-3(4)5/h4-5H,1H3. The van der Waals surface area contributed by atoms with E-state index in [4.69, 9.17) is 10.0 Å². The summed E-state index contributed by atoms with van der Waals surface area (Å²) < 4.78 is 0. The molecule has 0 aliphatic heterocycles. The second kappa shape index (κ2) is 2.30. The van der Waals surface area contributed by atoms with Gasteiger partial charge in [0.15, 0.2) is 7.17 Å². The second-order valence-electron chi connectivity index (χ2n) is 0.747. The maximum atomic E-state index is 7.86. The molecule has 4 heteroatoms. The van der Waals surface area contributed by atoms with E-state index in [2.05, 4.69) is 0 Å². The lowest BCUT2D eigenvalue weighted by molar-refractivity contribution is 0.434. The summed E-state index contributed by atoms with van der Waals surface area (Å²) in [6.07, 6.45) is 0. The molecule has 0 heterocycles. The molecule has 0 atom stereocenters. The fourth-order valence-electron chi connectivity index (χ4n) is 0. The fraction of sp³-hybridized carbons (Fsp3) is 1.00. The third-order valence-electron chi connectivity index (χ3n) is 0.298. The Labute approximate surface area is 32.2 Å². The molecular formula is CH5B2O2. The number of hydrogen-bond donors (Lipinski definition) is 2. The van der Waals surface area contributed by atoms with Crippen molar-refractivity contribution in [2.75, 3.05) is 0 Å². The Kier molecular flexibility index (Phi) is 2.32. The van der Waals surface area contributed by atoms with E-state index in [1.165, 1.54) is 7.17 Å². The zero-order valence-electron chi connectivity index (χ0n) is 3.05. The van der Waals surface area contributed by atoms with Gasteiger partial charge in [-0.2, -0.15) is 0 Å². The van der Waals surface area contributed by atoms with Gasteiger partial charge in [0, 0.05) is 0 Å². The predicted octanol–water partition coefficient (Wildman–Crippen LogP) is -1.29. The average Bonchev–Trinajstić information content (AvgIpc) is 1.38. The van der Waals surface area contributed by atoms with Crippen molar-refractivity contribution in [1.29, 1.82) is 0 Å². The molecule has 0 fully saturated rings. The summed E-state index contributed by atoms with van der Waals surface area (Å²) in [6.45, 7) is 1.57. The van der Waals surface area contributed by atoms with E-state index in [9.17, 15) is 0 Å². The summed E-state index contributed by atoms with van der Waals surface area (Å²) in [6, 6.07) is 0. The molecule has 0 spiro atoms. The minimum atomic E-state index is -1.24. The summed E-state index contributed by atoms with van der Waals surface area (Å²) in [4.78, 5) is 0. The molecule has 0 aromatic heterocycles. The smallest absolute Gasteiger partial charge is 0.391 e. The average molecular weight is 70.7 g/mol. The third kappa shape index (κ3) is 4.05. The third-order valence-corrected chi connectivity index (χ3v) is 0.298. The first-order chi connectivity index (χ1) is 2.27. The Hall–Kier alpha value is 0.0499. The van der Waals surface area contributed by atoms with Crippen LogP contribution in [-0.4, -0.2) is 24.2 Å². The summed E-state index contributed by atoms with van der Waals surface area (Å²) in [5.74, 6) is 0. The SMILES string of the molecule is C[B]B(O)O. The van der Waals surface area contributed by atoms with E-state index in [1.807, 2.05) is 0 Å². The molecule has 0 aromatic rings. The molecule has 0 rings (SSSR count). The first kappa shape index (κ1) is 5.05. The second-order valence-corrected chi connectivity index (χ2v) is 0.747. The lowest BCUT2D eigenvalue weighted by atomic mass is 9.46. The Morgan fingerprint density at radius 3 is 1.80 bits per heavy atom. The Morgan fingerprint density at radius 1 is 1.60 bits per heavy atom. The van der Waals surface area contributed by atoms with Crippen molar-refractivity contribution >= 4 is 14.2 Å². The van der Waals surface area contributed by atoms with Gasteiger partial charge in [-0.1, -0.05) is 6.82 Å². The molecule has 27 valence electrons. The number of hydrogen-bond acceptors (Lipinski definition) is 2. The van der Waals surface area contributed by atoms with Crippen LogP contribution in [0, 0.1) is 0 Å². The summed E-state index contributed by atoms with van der Waals surface area (Å²) in [5.41, 5.74) is 0. The van der Waals surface area contributed by atoms with Crippen LogP contribution in [0.4, 0.5) is 0 Å². The van der Waals surface area contributed by atoms with Gasteiger partial charge >= 0.3 is 7.01 Å². The van der Waals surface area contributed by atoms with Gasteiger partial charge < -0.3 is 10.0 Å². The van der Waals surface area contributed by atoms with Gasteiger partial charge in [-0.25, -0.2) is 0 Å². The van der Waals surface area contributed by atoms with Crippen LogP contribution in [0.15, 0.2) is 0 Å². The molecule has 1 radical (unpaired) electrons. The quantitative estimate of drug-likeness (QED) is 0.377. The maximum Gasteiger partial charge on any atom is 0.391 e. The van der Waals surface area contributed by atoms with Crippen LogP contribution in [0.5, 0.6) is 0 Å². The summed E-state index contributed by atoms with van der Waals surface area (Å²) in [5, 5.41) is 15.7. The normalized spacial score (nSPS) is 7.00. The van der Waals surface area contributed by atoms with E-state index in [1.54, 1.807) is 6.82 Å². The van der Waals surface area contributed by atoms with E-state index >= 15 is 0 Å². The highest BCUT2D eigenvalue weighted by Crippen LogP contribution is 1.55.